The molecule has 2 aromatic carbocycles. The van der Waals surface area contributed by atoms with E-state index < -0.39 is 0 Å². The fourth-order valence-corrected chi connectivity index (χ4v) is 3.71. The predicted octanol–water partition coefficient (Wildman–Crippen LogP) is 3.31. The van der Waals surface area contributed by atoms with Crippen molar-refractivity contribution in [2.75, 3.05) is 16.4 Å². The fraction of sp³-hybridized carbons (Fsp3) is 0.143. The van der Waals surface area contributed by atoms with Gasteiger partial charge in [-0.05, 0) is 47.1 Å². The lowest BCUT2D eigenvalue weighted by Crippen LogP contribution is -2.14. The lowest BCUT2D eigenvalue weighted by atomic mass is 10.2. The summed E-state index contributed by atoms with van der Waals surface area (Å²) in [4.78, 5) is 24.0. The van der Waals surface area contributed by atoms with Crippen LogP contribution in [0.5, 0.6) is 0 Å². The van der Waals surface area contributed by atoms with Gasteiger partial charge in [0.1, 0.15) is 0 Å². The zero-order valence-electron chi connectivity index (χ0n) is 17.3. The molecule has 0 aliphatic heterocycles. The Kier molecular flexibility index (Phi) is 6.26. The summed E-state index contributed by atoms with van der Waals surface area (Å²) in [6.07, 6.45) is 0. The van der Waals surface area contributed by atoms with E-state index >= 15 is 0 Å². The van der Waals surface area contributed by atoms with E-state index in [4.69, 9.17) is 4.63 Å². The van der Waals surface area contributed by atoms with Crippen molar-refractivity contribution in [2.45, 2.75) is 19.0 Å². The molecule has 0 fully saturated rings. The van der Waals surface area contributed by atoms with Crippen LogP contribution in [0, 0.1) is 6.92 Å². The van der Waals surface area contributed by atoms with Gasteiger partial charge in [-0.15, -0.1) is 10.2 Å². The van der Waals surface area contributed by atoms with Gasteiger partial charge in [0.2, 0.25) is 17.6 Å². The van der Waals surface area contributed by atoms with E-state index in [1.807, 2.05) is 61.5 Å². The minimum absolute atomic E-state index is 0.120. The highest BCUT2D eigenvalue weighted by Crippen LogP contribution is 2.30. The second-order valence-electron chi connectivity index (χ2n) is 6.83. The molecule has 0 saturated carbocycles. The lowest BCUT2D eigenvalue weighted by molar-refractivity contribution is -0.114. The first-order chi connectivity index (χ1) is 15.5. The smallest absolute Gasteiger partial charge is 0.234 e. The first-order valence-corrected chi connectivity index (χ1v) is 10.6. The summed E-state index contributed by atoms with van der Waals surface area (Å²) in [6.45, 7) is 3.32. The molecular weight excluding hydrogens is 430 g/mol. The van der Waals surface area contributed by atoms with E-state index in [2.05, 4.69) is 31.1 Å². The molecule has 2 N–H and O–H groups in total. The van der Waals surface area contributed by atoms with Gasteiger partial charge in [0.15, 0.2) is 16.7 Å². The third-order valence-corrected chi connectivity index (χ3v) is 5.21. The van der Waals surface area contributed by atoms with E-state index in [9.17, 15) is 9.59 Å². The summed E-state index contributed by atoms with van der Waals surface area (Å²) in [5.74, 6) is 0.0784. The number of rotatable bonds is 7. The van der Waals surface area contributed by atoms with Crippen LogP contribution in [0.15, 0.2) is 64.4 Å². The Balaban J connectivity index is 1.61. The SMILES string of the molecule is CC(=O)Nc1nonc1-c1nnc(SCC(=O)Nc2cccc(C)c2)n1-c1ccccc1. The Morgan fingerprint density at radius 3 is 2.59 bits per heavy atom. The molecule has 11 heteroatoms. The molecule has 32 heavy (non-hydrogen) atoms. The van der Waals surface area contributed by atoms with Crippen LogP contribution < -0.4 is 10.6 Å². The number of aromatic nitrogens is 5. The number of amides is 2. The molecule has 4 rings (SSSR count). The number of para-hydroxylation sites is 1. The molecule has 2 amide bonds. The van der Waals surface area contributed by atoms with Gasteiger partial charge in [-0.2, -0.15) is 0 Å². The Morgan fingerprint density at radius 1 is 1.03 bits per heavy atom. The average Bonchev–Trinajstić information content (AvgIpc) is 3.39. The number of thioether (sulfide) groups is 1. The second-order valence-corrected chi connectivity index (χ2v) is 7.77. The summed E-state index contributed by atoms with van der Waals surface area (Å²) in [5.41, 5.74) is 2.77. The number of benzene rings is 2. The number of anilines is 2. The van der Waals surface area contributed by atoms with E-state index in [1.54, 1.807) is 4.57 Å². The number of nitrogens with one attached hydrogen (secondary N) is 2. The highest BCUT2D eigenvalue weighted by molar-refractivity contribution is 7.99. The third kappa shape index (κ3) is 4.83. The van der Waals surface area contributed by atoms with Gasteiger partial charge in [0.05, 0.1) is 5.75 Å². The number of hydrogen-bond donors (Lipinski definition) is 2. The third-order valence-electron chi connectivity index (χ3n) is 4.28. The topological polar surface area (TPSA) is 128 Å². The van der Waals surface area contributed by atoms with Crippen LogP contribution >= 0.6 is 11.8 Å². The Labute approximate surface area is 187 Å². The summed E-state index contributed by atoms with van der Waals surface area (Å²) in [5, 5.41) is 22.0. The molecule has 2 aromatic heterocycles. The Hall–Kier alpha value is -3.99. The minimum atomic E-state index is -0.324. The largest absolute Gasteiger partial charge is 0.325 e. The van der Waals surface area contributed by atoms with Gasteiger partial charge in [-0.1, -0.05) is 42.1 Å². The van der Waals surface area contributed by atoms with Crippen molar-refractivity contribution in [1.29, 1.82) is 0 Å². The average molecular weight is 449 g/mol. The van der Waals surface area contributed by atoms with Crippen molar-refractivity contribution in [3.8, 4) is 17.2 Å². The molecule has 162 valence electrons. The van der Waals surface area contributed by atoms with E-state index in [0.717, 1.165) is 16.9 Å². The molecule has 0 aliphatic rings. The molecule has 10 nitrogen and oxygen atoms in total. The maximum absolute atomic E-state index is 12.5. The number of carbonyl (C=O) groups is 2. The maximum Gasteiger partial charge on any atom is 0.234 e. The second kappa shape index (κ2) is 9.43. The van der Waals surface area contributed by atoms with Crippen molar-refractivity contribution in [3.63, 3.8) is 0 Å². The molecular formula is C21H19N7O3S. The first kappa shape index (κ1) is 21.2. The maximum atomic E-state index is 12.5. The molecule has 0 bridgehead atoms. The fourth-order valence-electron chi connectivity index (χ4n) is 2.96. The van der Waals surface area contributed by atoms with E-state index in [-0.39, 0.29) is 29.1 Å². The Morgan fingerprint density at radius 2 is 1.84 bits per heavy atom. The quantitative estimate of drug-likeness (QED) is 0.411. The number of aryl methyl sites for hydroxylation is 1. The minimum Gasteiger partial charge on any atom is -0.325 e. The zero-order valence-corrected chi connectivity index (χ0v) is 18.1. The number of nitrogens with zero attached hydrogens (tertiary/aromatic N) is 5. The van der Waals surface area contributed by atoms with E-state index in [1.165, 1.54) is 18.7 Å². The van der Waals surface area contributed by atoms with Gasteiger partial charge < -0.3 is 10.6 Å². The first-order valence-electron chi connectivity index (χ1n) is 9.62. The molecule has 0 aliphatic carbocycles. The zero-order chi connectivity index (χ0) is 22.5. The molecule has 0 spiro atoms. The van der Waals surface area contributed by atoms with E-state index in [0.29, 0.717) is 11.0 Å². The van der Waals surface area contributed by atoms with Crippen LogP contribution in [0.2, 0.25) is 0 Å². The van der Waals surface area contributed by atoms with Crippen molar-refractivity contribution in [3.05, 3.63) is 60.2 Å². The Bertz CT molecular complexity index is 1250. The van der Waals surface area contributed by atoms with Crippen LogP contribution in [0.3, 0.4) is 0 Å². The monoisotopic (exact) mass is 449 g/mol. The predicted molar refractivity (Wildman–Crippen MR) is 119 cm³/mol. The van der Waals surface area contributed by atoms with Gasteiger partial charge in [0.25, 0.3) is 0 Å². The lowest BCUT2D eigenvalue weighted by Gasteiger charge is -2.10. The summed E-state index contributed by atoms with van der Waals surface area (Å²) in [6, 6.07) is 16.9. The van der Waals surface area contributed by atoms with Gasteiger partial charge in [-0.3, -0.25) is 14.2 Å². The summed E-state index contributed by atoms with van der Waals surface area (Å²) >= 11 is 1.22. The van der Waals surface area contributed by atoms with Gasteiger partial charge in [0, 0.05) is 18.3 Å². The molecule has 0 radical (unpaired) electrons. The number of carbonyl (C=O) groups excluding carboxylic acids is 2. The molecule has 0 atom stereocenters. The van der Waals surface area contributed by atoms with Crippen LogP contribution in [0.25, 0.3) is 17.2 Å². The van der Waals surface area contributed by atoms with Gasteiger partial charge >= 0.3 is 0 Å². The summed E-state index contributed by atoms with van der Waals surface area (Å²) < 4.78 is 6.54. The summed E-state index contributed by atoms with van der Waals surface area (Å²) in [7, 11) is 0. The number of hydrogen-bond acceptors (Lipinski definition) is 8. The highest BCUT2D eigenvalue weighted by Gasteiger charge is 2.24. The van der Waals surface area contributed by atoms with Crippen LogP contribution in [0.4, 0.5) is 11.5 Å². The normalized spacial score (nSPS) is 10.7. The molecule has 4 aromatic rings. The molecule has 0 saturated heterocycles. The molecule has 0 unspecified atom stereocenters. The van der Waals surface area contributed by atoms with Crippen LogP contribution in [-0.2, 0) is 9.59 Å². The van der Waals surface area contributed by atoms with Crippen molar-refractivity contribution in [1.82, 2.24) is 25.1 Å². The standard InChI is InChI=1S/C21H19N7O3S/c1-13-7-6-8-15(11-13)23-17(30)12-32-21-25-24-20(28(21)16-9-4-3-5-10-16)18-19(22-14(2)29)27-31-26-18/h3-11H,12H2,1-2H3,(H,23,30)(H,22,27,29). The van der Waals surface area contributed by atoms with Gasteiger partial charge in [-0.25, -0.2) is 4.63 Å². The van der Waals surface area contributed by atoms with Crippen LogP contribution in [-0.4, -0.2) is 42.6 Å². The van der Waals surface area contributed by atoms with Crippen molar-refractivity contribution < 1.29 is 14.2 Å². The highest BCUT2D eigenvalue weighted by atomic mass is 32.2. The molecule has 2 heterocycles. The van der Waals surface area contributed by atoms with Crippen molar-refractivity contribution in [2.24, 2.45) is 0 Å². The van der Waals surface area contributed by atoms with Crippen LogP contribution in [0.1, 0.15) is 12.5 Å². The van der Waals surface area contributed by atoms with Crippen molar-refractivity contribution >= 4 is 35.1 Å².